The van der Waals surface area contributed by atoms with Gasteiger partial charge in [-0.1, -0.05) is 66.7 Å². The quantitative estimate of drug-likeness (QED) is 0.796. The fourth-order valence-electron chi connectivity index (χ4n) is 3.54. The van der Waals surface area contributed by atoms with E-state index in [1.807, 2.05) is 66.7 Å². The molecule has 0 spiro atoms. The molecule has 2 aliphatic rings. The fraction of sp³-hybridized carbons (Fsp3) is 0.286. The van der Waals surface area contributed by atoms with E-state index >= 15 is 0 Å². The maximum atomic E-state index is 12.8. The van der Waals surface area contributed by atoms with Crippen LogP contribution in [-0.2, 0) is 9.53 Å². The molecule has 0 aliphatic carbocycles. The lowest BCUT2D eigenvalue weighted by atomic mass is 9.92. The SMILES string of the molecule is O=C(OC(c1ccccc1)c1ccccc1)C1=CCCC2CCN12. The van der Waals surface area contributed by atoms with Crippen molar-refractivity contribution in [2.24, 2.45) is 0 Å². The van der Waals surface area contributed by atoms with E-state index in [1.165, 1.54) is 6.42 Å². The molecule has 2 aromatic rings. The Bertz CT molecular complexity index is 699. The highest BCUT2D eigenvalue weighted by Crippen LogP contribution is 2.34. The molecule has 2 aromatic carbocycles. The first-order valence-corrected chi connectivity index (χ1v) is 8.60. The minimum Gasteiger partial charge on any atom is -0.448 e. The molecule has 0 bridgehead atoms. The Balaban J connectivity index is 1.60. The fourth-order valence-corrected chi connectivity index (χ4v) is 3.54. The van der Waals surface area contributed by atoms with Crippen LogP contribution in [0.3, 0.4) is 0 Å². The van der Waals surface area contributed by atoms with Crippen LogP contribution < -0.4 is 0 Å². The maximum Gasteiger partial charge on any atom is 0.355 e. The Morgan fingerprint density at radius 2 is 1.58 bits per heavy atom. The van der Waals surface area contributed by atoms with Gasteiger partial charge in [-0.15, -0.1) is 0 Å². The van der Waals surface area contributed by atoms with Crippen molar-refractivity contribution in [3.63, 3.8) is 0 Å². The molecule has 0 saturated carbocycles. The van der Waals surface area contributed by atoms with Gasteiger partial charge in [0.05, 0.1) is 0 Å². The third-order valence-corrected chi connectivity index (χ3v) is 4.93. The van der Waals surface area contributed by atoms with Gasteiger partial charge in [-0.2, -0.15) is 0 Å². The number of hydrogen-bond acceptors (Lipinski definition) is 3. The van der Waals surface area contributed by atoms with Crippen LogP contribution in [-0.4, -0.2) is 23.5 Å². The van der Waals surface area contributed by atoms with Crippen molar-refractivity contribution in [2.45, 2.75) is 31.4 Å². The largest absolute Gasteiger partial charge is 0.448 e. The van der Waals surface area contributed by atoms with Crippen LogP contribution in [0.15, 0.2) is 72.4 Å². The van der Waals surface area contributed by atoms with Gasteiger partial charge in [-0.25, -0.2) is 4.79 Å². The van der Waals surface area contributed by atoms with Crippen molar-refractivity contribution in [1.29, 1.82) is 0 Å². The van der Waals surface area contributed by atoms with E-state index < -0.39 is 0 Å². The molecule has 1 saturated heterocycles. The second-order valence-corrected chi connectivity index (χ2v) is 6.41. The van der Waals surface area contributed by atoms with E-state index in [0.29, 0.717) is 6.04 Å². The number of benzene rings is 2. The Morgan fingerprint density at radius 3 is 2.12 bits per heavy atom. The predicted octanol–water partition coefficient (Wildman–Crippen LogP) is 4.07. The van der Waals surface area contributed by atoms with Gasteiger partial charge in [0.2, 0.25) is 0 Å². The number of nitrogens with zero attached hydrogens (tertiary/aromatic N) is 1. The number of rotatable bonds is 4. The lowest BCUT2D eigenvalue weighted by Crippen LogP contribution is -2.50. The summed E-state index contributed by atoms with van der Waals surface area (Å²) in [5.74, 6) is -0.211. The normalized spacial score (nSPS) is 19.3. The lowest BCUT2D eigenvalue weighted by Gasteiger charge is -2.45. The van der Waals surface area contributed by atoms with Gasteiger partial charge in [-0.3, -0.25) is 0 Å². The summed E-state index contributed by atoms with van der Waals surface area (Å²) in [6, 6.07) is 20.4. The molecule has 0 amide bonds. The van der Waals surface area contributed by atoms with Crippen molar-refractivity contribution in [2.75, 3.05) is 6.54 Å². The number of carbonyl (C=O) groups is 1. The monoisotopic (exact) mass is 319 g/mol. The van der Waals surface area contributed by atoms with Crippen LogP contribution in [0.5, 0.6) is 0 Å². The zero-order valence-corrected chi connectivity index (χ0v) is 13.6. The molecule has 0 radical (unpaired) electrons. The third kappa shape index (κ3) is 2.82. The molecule has 2 heterocycles. The minimum atomic E-state index is -0.373. The Labute approximate surface area is 142 Å². The van der Waals surface area contributed by atoms with Gasteiger partial charge in [0.25, 0.3) is 0 Å². The summed E-state index contributed by atoms with van der Waals surface area (Å²) >= 11 is 0. The molecule has 1 unspecified atom stereocenters. The molecular weight excluding hydrogens is 298 g/mol. The Kier molecular flexibility index (Phi) is 4.08. The Hall–Kier alpha value is -2.55. The highest BCUT2D eigenvalue weighted by atomic mass is 16.5. The number of fused-ring (bicyclic) bond motifs is 1. The van der Waals surface area contributed by atoms with Gasteiger partial charge >= 0.3 is 5.97 Å². The summed E-state index contributed by atoms with van der Waals surface area (Å²) in [5, 5.41) is 0. The topological polar surface area (TPSA) is 29.5 Å². The average molecular weight is 319 g/mol. The summed E-state index contributed by atoms with van der Waals surface area (Å²) in [7, 11) is 0. The summed E-state index contributed by atoms with van der Waals surface area (Å²) in [6.45, 7) is 0.965. The van der Waals surface area contributed by atoms with E-state index in [9.17, 15) is 4.79 Å². The van der Waals surface area contributed by atoms with Crippen LogP contribution in [0.25, 0.3) is 0 Å². The van der Waals surface area contributed by atoms with Crippen LogP contribution >= 0.6 is 0 Å². The van der Waals surface area contributed by atoms with E-state index in [0.717, 1.165) is 36.2 Å². The van der Waals surface area contributed by atoms with Crippen LogP contribution in [0.1, 0.15) is 36.5 Å². The van der Waals surface area contributed by atoms with Crippen molar-refractivity contribution in [3.8, 4) is 0 Å². The zero-order chi connectivity index (χ0) is 16.4. The smallest absolute Gasteiger partial charge is 0.355 e. The zero-order valence-electron chi connectivity index (χ0n) is 13.6. The Morgan fingerprint density at radius 1 is 0.958 bits per heavy atom. The molecule has 0 aromatic heterocycles. The standard InChI is InChI=1S/C21H21NO2/c23-21(19-13-7-12-18-14-15-22(18)19)24-20(16-8-3-1-4-9-16)17-10-5-2-6-11-17/h1-6,8-11,13,18,20H,7,12,14-15H2. The molecule has 2 aliphatic heterocycles. The van der Waals surface area contributed by atoms with Crippen LogP contribution in [0.4, 0.5) is 0 Å². The average Bonchev–Trinajstić information content (AvgIpc) is 2.62. The summed E-state index contributed by atoms with van der Waals surface area (Å²) in [4.78, 5) is 15.0. The first-order valence-electron chi connectivity index (χ1n) is 8.60. The molecule has 1 fully saturated rings. The molecule has 0 N–H and O–H groups in total. The summed E-state index contributed by atoms with van der Waals surface area (Å²) < 4.78 is 5.97. The summed E-state index contributed by atoms with van der Waals surface area (Å²) in [6.07, 6.45) is 4.96. The molecular formula is C21H21NO2. The maximum absolute atomic E-state index is 12.8. The van der Waals surface area contributed by atoms with Crippen molar-refractivity contribution >= 4 is 5.97 Å². The van der Waals surface area contributed by atoms with Crippen molar-refractivity contribution in [3.05, 3.63) is 83.6 Å². The molecule has 122 valence electrons. The number of esters is 1. The lowest BCUT2D eigenvalue weighted by molar-refractivity contribution is -0.146. The summed E-state index contributed by atoms with van der Waals surface area (Å²) in [5.41, 5.74) is 2.73. The van der Waals surface area contributed by atoms with E-state index in [2.05, 4.69) is 4.90 Å². The molecule has 24 heavy (non-hydrogen) atoms. The van der Waals surface area contributed by atoms with E-state index in [-0.39, 0.29) is 12.1 Å². The second kappa shape index (κ2) is 6.52. The van der Waals surface area contributed by atoms with Crippen LogP contribution in [0.2, 0.25) is 0 Å². The first kappa shape index (κ1) is 15.0. The van der Waals surface area contributed by atoms with Gasteiger partial charge in [0.15, 0.2) is 6.10 Å². The van der Waals surface area contributed by atoms with Gasteiger partial charge in [-0.05, 0) is 30.4 Å². The highest BCUT2D eigenvalue weighted by Gasteiger charge is 2.36. The van der Waals surface area contributed by atoms with Gasteiger partial charge in [0.1, 0.15) is 5.70 Å². The number of ether oxygens (including phenoxy) is 1. The van der Waals surface area contributed by atoms with E-state index in [1.54, 1.807) is 0 Å². The third-order valence-electron chi connectivity index (χ3n) is 4.93. The number of carbonyl (C=O) groups excluding carboxylic acids is 1. The highest BCUT2D eigenvalue weighted by molar-refractivity contribution is 5.88. The molecule has 3 nitrogen and oxygen atoms in total. The molecule has 1 atom stereocenters. The predicted molar refractivity (Wildman–Crippen MR) is 93.2 cm³/mol. The first-order chi connectivity index (χ1) is 11.8. The van der Waals surface area contributed by atoms with Crippen molar-refractivity contribution < 1.29 is 9.53 Å². The van der Waals surface area contributed by atoms with E-state index in [4.69, 9.17) is 4.74 Å². The second-order valence-electron chi connectivity index (χ2n) is 6.41. The number of allylic oxidation sites excluding steroid dienone is 1. The minimum absolute atomic E-state index is 0.211. The number of hydrogen-bond donors (Lipinski definition) is 0. The molecule has 3 heteroatoms. The van der Waals surface area contributed by atoms with Crippen molar-refractivity contribution in [1.82, 2.24) is 4.90 Å². The van der Waals surface area contributed by atoms with Gasteiger partial charge < -0.3 is 9.64 Å². The van der Waals surface area contributed by atoms with Crippen LogP contribution in [0, 0.1) is 0 Å². The van der Waals surface area contributed by atoms with Gasteiger partial charge in [0, 0.05) is 12.6 Å². The molecule has 4 rings (SSSR count).